The quantitative estimate of drug-likeness (QED) is 0.231. The van der Waals surface area contributed by atoms with E-state index in [0.717, 1.165) is 0 Å². The average Bonchev–Trinajstić information content (AvgIpc) is 3.15. The summed E-state index contributed by atoms with van der Waals surface area (Å²) in [5.41, 5.74) is 0.424. The first-order chi connectivity index (χ1) is 12.4. The molecule has 1 fully saturated rings. The summed E-state index contributed by atoms with van der Waals surface area (Å²) in [6.07, 6.45) is 3.22. The van der Waals surface area contributed by atoms with E-state index in [2.05, 4.69) is 6.58 Å². The van der Waals surface area contributed by atoms with Gasteiger partial charge in [0.1, 0.15) is 20.9 Å². The maximum atomic E-state index is 12.3. The highest BCUT2D eigenvalue weighted by Crippen LogP contribution is 2.34. The van der Waals surface area contributed by atoms with E-state index in [-0.39, 0.29) is 16.6 Å². The van der Waals surface area contributed by atoms with Gasteiger partial charge in [0, 0.05) is 24.3 Å². The molecule has 1 aromatic carbocycles. The predicted molar refractivity (Wildman–Crippen MR) is 106 cm³/mol. The Kier molecular flexibility index (Phi) is 5.26. The van der Waals surface area contributed by atoms with Crippen LogP contribution in [0.4, 0.5) is 5.69 Å². The summed E-state index contributed by atoms with van der Waals surface area (Å²) in [5.74, 6) is 0.749. The van der Waals surface area contributed by atoms with Crippen molar-refractivity contribution >= 4 is 57.6 Å². The molecule has 0 aliphatic carbocycles. The van der Waals surface area contributed by atoms with Gasteiger partial charge in [0.2, 0.25) is 0 Å². The molecular formula is C17H11ClN2O4S2. The summed E-state index contributed by atoms with van der Waals surface area (Å²) < 4.78 is 6.18. The van der Waals surface area contributed by atoms with Crippen molar-refractivity contribution in [2.24, 2.45) is 0 Å². The van der Waals surface area contributed by atoms with Gasteiger partial charge in [-0.05, 0) is 24.3 Å². The van der Waals surface area contributed by atoms with E-state index in [1.54, 1.807) is 30.4 Å². The van der Waals surface area contributed by atoms with Crippen LogP contribution in [0.5, 0.6) is 0 Å². The molecule has 0 N–H and O–H groups in total. The van der Waals surface area contributed by atoms with Crippen LogP contribution in [0.3, 0.4) is 0 Å². The second kappa shape index (κ2) is 7.45. The van der Waals surface area contributed by atoms with Crippen LogP contribution in [0.15, 0.2) is 52.3 Å². The molecule has 1 amide bonds. The number of hydrogen-bond acceptors (Lipinski definition) is 6. The molecule has 0 radical (unpaired) electrons. The summed E-state index contributed by atoms with van der Waals surface area (Å²) in [6.45, 7) is 3.96. The molecule has 6 nitrogen and oxygen atoms in total. The number of nitrogens with zero attached hydrogens (tertiary/aromatic N) is 2. The van der Waals surface area contributed by atoms with E-state index in [4.69, 9.17) is 28.2 Å². The van der Waals surface area contributed by atoms with Gasteiger partial charge in [-0.2, -0.15) is 0 Å². The second-order valence-corrected chi connectivity index (χ2v) is 7.29. The number of furan rings is 1. The Morgan fingerprint density at radius 2 is 2.15 bits per heavy atom. The molecule has 2 aromatic rings. The van der Waals surface area contributed by atoms with Crippen LogP contribution in [-0.2, 0) is 4.79 Å². The maximum Gasteiger partial charge on any atom is 0.287 e. The van der Waals surface area contributed by atoms with Crippen LogP contribution >= 0.6 is 35.6 Å². The Morgan fingerprint density at radius 3 is 2.81 bits per heavy atom. The first-order valence-corrected chi connectivity index (χ1v) is 8.91. The molecule has 0 unspecified atom stereocenters. The summed E-state index contributed by atoms with van der Waals surface area (Å²) in [4.78, 5) is 24.5. The number of amides is 1. The topological polar surface area (TPSA) is 76.6 Å². The summed E-state index contributed by atoms with van der Waals surface area (Å²) in [5, 5.41) is 10.9. The highest BCUT2D eigenvalue weighted by molar-refractivity contribution is 8.26. The lowest BCUT2D eigenvalue weighted by atomic mass is 10.1. The van der Waals surface area contributed by atoms with Gasteiger partial charge in [0.05, 0.1) is 9.83 Å². The van der Waals surface area contributed by atoms with Gasteiger partial charge in [-0.3, -0.25) is 19.8 Å². The van der Waals surface area contributed by atoms with Crippen molar-refractivity contribution in [3.05, 3.63) is 68.8 Å². The number of thiocarbonyl (C=S) groups is 1. The molecule has 2 heterocycles. The minimum absolute atomic E-state index is 0.0238. The van der Waals surface area contributed by atoms with Gasteiger partial charge < -0.3 is 4.42 Å². The molecule has 26 heavy (non-hydrogen) atoms. The lowest BCUT2D eigenvalue weighted by molar-refractivity contribution is -0.384. The molecule has 0 atom stereocenters. The van der Waals surface area contributed by atoms with E-state index in [1.807, 2.05) is 0 Å². The number of nitro groups is 1. The molecule has 1 aromatic heterocycles. The third-order valence-electron chi connectivity index (χ3n) is 3.51. The lowest BCUT2D eigenvalue weighted by Gasteiger charge is -2.10. The molecule has 0 saturated carbocycles. The molecule has 0 spiro atoms. The van der Waals surface area contributed by atoms with E-state index < -0.39 is 4.92 Å². The minimum Gasteiger partial charge on any atom is -0.457 e. The van der Waals surface area contributed by atoms with Gasteiger partial charge >= 0.3 is 0 Å². The number of carbonyl (C=O) groups excluding carboxylic acids is 1. The largest absolute Gasteiger partial charge is 0.457 e. The third kappa shape index (κ3) is 3.57. The van der Waals surface area contributed by atoms with Crippen molar-refractivity contribution < 1.29 is 14.1 Å². The van der Waals surface area contributed by atoms with E-state index in [9.17, 15) is 14.9 Å². The predicted octanol–water partition coefficient (Wildman–Crippen LogP) is 4.90. The van der Waals surface area contributed by atoms with E-state index in [1.165, 1.54) is 28.8 Å². The Balaban J connectivity index is 1.86. The maximum absolute atomic E-state index is 12.3. The number of nitro benzene ring substituents is 1. The van der Waals surface area contributed by atoms with E-state index >= 15 is 0 Å². The fourth-order valence-electron chi connectivity index (χ4n) is 2.31. The summed E-state index contributed by atoms with van der Waals surface area (Å²) >= 11 is 12.3. The molecular weight excluding hydrogens is 396 g/mol. The minimum atomic E-state index is -0.551. The Hall–Kier alpha value is -2.42. The number of carbonyl (C=O) groups is 1. The fourth-order valence-corrected chi connectivity index (χ4v) is 3.81. The van der Waals surface area contributed by atoms with Crippen molar-refractivity contribution in [3.8, 4) is 11.3 Å². The molecule has 0 bridgehead atoms. The zero-order valence-electron chi connectivity index (χ0n) is 13.2. The van der Waals surface area contributed by atoms with Gasteiger partial charge in [0.15, 0.2) is 0 Å². The Bertz CT molecular complexity index is 967. The van der Waals surface area contributed by atoms with Crippen LogP contribution in [-0.4, -0.2) is 26.6 Å². The number of halogens is 1. The highest BCUT2D eigenvalue weighted by Gasteiger charge is 2.31. The molecule has 9 heteroatoms. The highest BCUT2D eigenvalue weighted by atomic mass is 35.5. The third-order valence-corrected chi connectivity index (χ3v) is 5.19. The van der Waals surface area contributed by atoms with E-state index in [0.29, 0.717) is 32.9 Å². The normalized spacial score (nSPS) is 15.7. The summed E-state index contributed by atoms with van der Waals surface area (Å²) in [6, 6.07) is 7.74. The molecule has 1 saturated heterocycles. The van der Waals surface area contributed by atoms with Crippen molar-refractivity contribution in [2.75, 3.05) is 6.54 Å². The molecule has 1 aliphatic rings. The number of rotatable bonds is 5. The van der Waals surface area contributed by atoms with Crippen molar-refractivity contribution in [3.63, 3.8) is 0 Å². The summed E-state index contributed by atoms with van der Waals surface area (Å²) in [7, 11) is 0. The molecule has 132 valence electrons. The van der Waals surface area contributed by atoms with Crippen molar-refractivity contribution in [2.45, 2.75) is 0 Å². The van der Waals surface area contributed by atoms with Gasteiger partial charge in [0.25, 0.3) is 11.6 Å². The van der Waals surface area contributed by atoms with Crippen LogP contribution < -0.4 is 0 Å². The molecule has 3 rings (SSSR count). The Labute approximate surface area is 163 Å². The van der Waals surface area contributed by atoms with Crippen molar-refractivity contribution in [1.29, 1.82) is 0 Å². The first-order valence-electron chi connectivity index (χ1n) is 7.31. The van der Waals surface area contributed by atoms with Crippen LogP contribution in [0.25, 0.3) is 17.4 Å². The second-order valence-electron chi connectivity index (χ2n) is 5.21. The van der Waals surface area contributed by atoms with Crippen LogP contribution in [0.2, 0.25) is 5.02 Å². The van der Waals surface area contributed by atoms with Gasteiger partial charge in [-0.1, -0.05) is 41.7 Å². The van der Waals surface area contributed by atoms with Gasteiger partial charge in [-0.15, -0.1) is 6.58 Å². The zero-order valence-corrected chi connectivity index (χ0v) is 15.6. The monoisotopic (exact) mass is 406 g/mol. The zero-order chi connectivity index (χ0) is 18.8. The number of thioether (sulfide) groups is 1. The fraction of sp³-hybridized carbons (Fsp3) is 0.0588. The number of benzene rings is 1. The SMILES string of the molecule is C=CCN1C(=O)/C(=C\c2ccc(-c3ccc([N+](=O)[O-])c(Cl)c3)o2)SC1=S. The molecule has 1 aliphatic heterocycles. The number of hydrogen-bond donors (Lipinski definition) is 0. The average molecular weight is 407 g/mol. The standard InChI is InChI=1S/C17H11ClN2O4S2/c1-2-7-19-16(21)15(26-17(19)25)9-11-4-6-14(24-11)10-3-5-13(20(22)23)12(18)8-10/h2-6,8-9H,1,7H2/b15-9+. The lowest BCUT2D eigenvalue weighted by Crippen LogP contribution is -2.27. The van der Waals surface area contributed by atoms with Crippen LogP contribution in [0.1, 0.15) is 5.76 Å². The van der Waals surface area contributed by atoms with Crippen LogP contribution in [0, 0.1) is 10.1 Å². The van der Waals surface area contributed by atoms with Crippen molar-refractivity contribution in [1.82, 2.24) is 4.90 Å². The smallest absolute Gasteiger partial charge is 0.287 e. The van der Waals surface area contributed by atoms with Gasteiger partial charge in [-0.25, -0.2) is 0 Å². The first kappa shape index (κ1) is 18.4. The Morgan fingerprint density at radius 1 is 1.38 bits per heavy atom.